The van der Waals surface area contributed by atoms with Gasteiger partial charge in [-0.15, -0.1) is 12.4 Å². The Morgan fingerprint density at radius 2 is 1.83 bits per heavy atom. The highest BCUT2D eigenvalue weighted by molar-refractivity contribution is 5.86. The van der Waals surface area contributed by atoms with Gasteiger partial charge in [0.25, 0.3) is 0 Å². The van der Waals surface area contributed by atoms with Gasteiger partial charge in [0.15, 0.2) is 0 Å². The number of rotatable bonds is 5. The van der Waals surface area contributed by atoms with Gasteiger partial charge >= 0.3 is 0 Å². The van der Waals surface area contributed by atoms with Gasteiger partial charge < -0.3 is 15.5 Å². The van der Waals surface area contributed by atoms with Crippen LogP contribution in [-0.2, 0) is 9.59 Å². The molecule has 2 N–H and O–H groups in total. The second kappa shape index (κ2) is 9.16. The summed E-state index contributed by atoms with van der Waals surface area (Å²) >= 11 is 0. The molecule has 1 fully saturated rings. The zero-order chi connectivity index (χ0) is 12.7. The third-order valence-electron chi connectivity index (χ3n) is 2.99. The fourth-order valence-electron chi connectivity index (χ4n) is 2.04. The first-order valence-electron chi connectivity index (χ1n) is 6.37. The van der Waals surface area contributed by atoms with E-state index in [0.29, 0.717) is 6.54 Å². The van der Waals surface area contributed by atoms with E-state index in [1.807, 2.05) is 0 Å². The summed E-state index contributed by atoms with van der Waals surface area (Å²) in [7, 11) is 0. The van der Waals surface area contributed by atoms with Crippen molar-refractivity contribution >= 4 is 24.2 Å². The molecular weight excluding hydrogens is 254 g/mol. The number of hydrogen-bond donors (Lipinski definition) is 2. The summed E-state index contributed by atoms with van der Waals surface area (Å²) in [5.41, 5.74) is 0. The number of piperidine rings is 1. The quantitative estimate of drug-likeness (QED) is 0.771. The van der Waals surface area contributed by atoms with Gasteiger partial charge in [-0.1, -0.05) is 6.42 Å². The first-order chi connectivity index (χ1) is 8.09. The summed E-state index contributed by atoms with van der Waals surface area (Å²) in [4.78, 5) is 24.7. The van der Waals surface area contributed by atoms with Crippen LogP contribution in [-0.4, -0.2) is 48.9 Å². The molecule has 5 nitrogen and oxygen atoms in total. The van der Waals surface area contributed by atoms with Crippen molar-refractivity contribution in [1.29, 1.82) is 0 Å². The first kappa shape index (κ1) is 17.2. The molecule has 1 unspecified atom stereocenters. The van der Waals surface area contributed by atoms with Gasteiger partial charge in [-0.05, 0) is 32.9 Å². The average Bonchev–Trinajstić information content (AvgIpc) is 2.29. The molecule has 1 rings (SSSR count). The molecule has 106 valence electrons. The van der Waals surface area contributed by atoms with Crippen LogP contribution < -0.4 is 10.6 Å². The highest BCUT2D eigenvalue weighted by atomic mass is 35.5. The molecule has 1 saturated heterocycles. The molecule has 0 radical (unpaired) electrons. The van der Waals surface area contributed by atoms with Gasteiger partial charge in [0.05, 0.1) is 0 Å². The number of nitrogens with zero attached hydrogens (tertiary/aromatic N) is 1. The topological polar surface area (TPSA) is 61.4 Å². The molecule has 0 aromatic rings. The summed E-state index contributed by atoms with van der Waals surface area (Å²) in [6.45, 7) is 6.94. The predicted molar refractivity (Wildman–Crippen MR) is 73.8 cm³/mol. The Labute approximate surface area is 115 Å². The summed E-state index contributed by atoms with van der Waals surface area (Å²) in [6, 6.07) is -0.450. The van der Waals surface area contributed by atoms with Gasteiger partial charge in [0, 0.05) is 20.0 Å². The second-order valence-electron chi connectivity index (χ2n) is 4.62. The van der Waals surface area contributed by atoms with Crippen LogP contribution in [0.5, 0.6) is 0 Å². The van der Waals surface area contributed by atoms with E-state index in [0.717, 1.165) is 19.6 Å². The number of carbonyl (C=O) groups is 2. The number of halogens is 1. The lowest BCUT2D eigenvalue weighted by molar-refractivity contribution is -0.127. The summed E-state index contributed by atoms with van der Waals surface area (Å²) in [5, 5.41) is 5.41. The van der Waals surface area contributed by atoms with Gasteiger partial charge in [0.1, 0.15) is 6.04 Å². The van der Waals surface area contributed by atoms with E-state index in [1.165, 1.54) is 26.2 Å². The Bertz CT molecular complexity index is 268. The van der Waals surface area contributed by atoms with Crippen molar-refractivity contribution in [3.8, 4) is 0 Å². The molecule has 0 spiro atoms. The van der Waals surface area contributed by atoms with Crippen molar-refractivity contribution in [3.63, 3.8) is 0 Å². The molecule has 6 heteroatoms. The van der Waals surface area contributed by atoms with Crippen molar-refractivity contribution in [2.45, 2.75) is 39.2 Å². The van der Waals surface area contributed by atoms with E-state index in [-0.39, 0.29) is 24.2 Å². The Morgan fingerprint density at radius 1 is 1.22 bits per heavy atom. The minimum Gasteiger partial charge on any atom is -0.353 e. The molecular formula is C12H24ClN3O2. The van der Waals surface area contributed by atoms with Crippen molar-refractivity contribution in [2.75, 3.05) is 26.2 Å². The molecule has 0 aromatic carbocycles. The van der Waals surface area contributed by atoms with Crippen LogP contribution in [0, 0.1) is 0 Å². The van der Waals surface area contributed by atoms with Crippen molar-refractivity contribution < 1.29 is 9.59 Å². The molecule has 1 heterocycles. The van der Waals surface area contributed by atoms with Crippen LogP contribution in [0.15, 0.2) is 0 Å². The van der Waals surface area contributed by atoms with Gasteiger partial charge in [-0.3, -0.25) is 9.59 Å². The maximum Gasteiger partial charge on any atom is 0.242 e. The maximum atomic E-state index is 11.6. The normalized spacial score (nSPS) is 17.4. The standard InChI is InChI=1S/C12H23N3O2.ClH/c1-10(14-11(2)16)12(17)13-6-9-15-7-4-3-5-8-15;/h10H,3-9H2,1-2H3,(H,13,17)(H,14,16);1H. The van der Waals surface area contributed by atoms with Gasteiger partial charge in [-0.25, -0.2) is 0 Å². The molecule has 1 atom stereocenters. The molecule has 0 saturated carbocycles. The lowest BCUT2D eigenvalue weighted by atomic mass is 10.1. The zero-order valence-corrected chi connectivity index (χ0v) is 12.0. The molecule has 18 heavy (non-hydrogen) atoms. The highest BCUT2D eigenvalue weighted by Gasteiger charge is 2.14. The molecule has 2 amide bonds. The Kier molecular flexibility index (Phi) is 8.75. The van der Waals surface area contributed by atoms with E-state index in [4.69, 9.17) is 0 Å². The fraction of sp³-hybridized carbons (Fsp3) is 0.833. The summed E-state index contributed by atoms with van der Waals surface area (Å²) in [5.74, 6) is -0.291. The molecule has 1 aliphatic heterocycles. The molecule has 1 aliphatic rings. The second-order valence-corrected chi connectivity index (χ2v) is 4.62. The van der Waals surface area contributed by atoms with Crippen LogP contribution in [0.2, 0.25) is 0 Å². The first-order valence-corrected chi connectivity index (χ1v) is 6.37. The Morgan fingerprint density at radius 3 is 2.39 bits per heavy atom. The van der Waals surface area contributed by atoms with Crippen molar-refractivity contribution in [3.05, 3.63) is 0 Å². The molecule has 0 aromatic heterocycles. The predicted octanol–water partition coefficient (Wildman–Crippen LogP) is 0.535. The number of amides is 2. The Hall–Kier alpha value is -0.810. The zero-order valence-electron chi connectivity index (χ0n) is 11.2. The minimum atomic E-state index is -0.450. The number of carbonyl (C=O) groups excluding carboxylic acids is 2. The van der Waals surface area contributed by atoms with Crippen LogP contribution in [0.4, 0.5) is 0 Å². The van der Waals surface area contributed by atoms with E-state index in [2.05, 4.69) is 15.5 Å². The number of nitrogens with one attached hydrogen (secondary N) is 2. The van der Waals surface area contributed by atoms with Gasteiger partial charge in [-0.2, -0.15) is 0 Å². The minimum absolute atomic E-state index is 0. The van der Waals surface area contributed by atoms with Crippen LogP contribution in [0.3, 0.4) is 0 Å². The van der Waals surface area contributed by atoms with E-state index in [9.17, 15) is 9.59 Å². The summed E-state index contributed by atoms with van der Waals surface area (Å²) < 4.78 is 0. The maximum absolute atomic E-state index is 11.6. The Balaban J connectivity index is 0.00000289. The monoisotopic (exact) mass is 277 g/mol. The van der Waals surface area contributed by atoms with E-state index in [1.54, 1.807) is 6.92 Å². The highest BCUT2D eigenvalue weighted by Crippen LogP contribution is 2.07. The molecule has 0 bridgehead atoms. The smallest absolute Gasteiger partial charge is 0.242 e. The molecule has 0 aliphatic carbocycles. The number of likely N-dealkylation sites (tertiary alicyclic amines) is 1. The lowest BCUT2D eigenvalue weighted by Gasteiger charge is -2.26. The van der Waals surface area contributed by atoms with Crippen molar-refractivity contribution in [2.24, 2.45) is 0 Å². The third kappa shape index (κ3) is 6.81. The SMILES string of the molecule is CC(=O)NC(C)C(=O)NCCN1CCCCC1.Cl. The number of hydrogen-bond acceptors (Lipinski definition) is 3. The summed E-state index contributed by atoms with van der Waals surface area (Å²) in [6.07, 6.45) is 3.84. The van der Waals surface area contributed by atoms with E-state index >= 15 is 0 Å². The largest absolute Gasteiger partial charge is 0.353 e. The third-order valence-corrected chi connectivity index (χ3v) is 2.99. The van der Waals surface area contributed by atoms with Crippen LogP contribution in [0.25, 0.3) is 0 Å². The lowest BCUT2D eigenvalue weighted by Crippen LogP contribution is -2.46. The van der Waals surface area contributed by atoms with Gasteiger partial charge in [0.2, 0.25) is 11.8 Å². The van der Waals surface area contributed by atoms with E-state index < -0.39 is 6.04 Å². The average molecular weight is 278 g/mol. The fourth-order valence-corrected chi connectivity index (χ4v) is 2.04. The van der Waals surface area contributed by atoms with Crippen LogP contribution in [0.1, 0.15) is 33.1 Å². The van der Waals surface area contributed by atoms with Crippen molar-refractivity contribution in [1.82, 2.24) is 15.5 Å². The van der Waals surface area contributed by atoms with Crippen LogP contribution >= 0.6 is 12.4 Å².